The SMILES string of the molecule is CCOC(=O)c1c(-c2ccc(OC)cc2)oc2ccc(OCCCCCCN3C(=O)/C(=N\OC)c4ccccc43)cc12. The number of carbonyl (C=O) groups excluding carboxylic acids is 2. The highest BCUT2D eigenvalue weighted by Crippen LogP contribution is 2.37. The number of amides is 1. The lowest BCUT2D eigenvalue weighted by molar-refractivity contribution is -0.112. The van der Waals surface area contributed by atoms with Crippen LogP contribution in [0.4, 0.5) is 5.69 Å². The summed E-state index contributed by atoms with van der Waals surface area (Å²) in [7, 11) is 3.05. The van der Waals surface area contributed by atoms with Crippen LogP contribution in [0.5, 0.6) is 11.5 Å². The summed E-state index contributed by atoms with van der Waals surface area (Å²) in [6.45, 7) is 3.17. The third-order valence-electron chi connectivity index (χ3n) is 7.12. The smallest absolute Gasteiger partial charge is 0.342 e. The van der Waals surface area contributed by atoms with Gasteiger partial charge in [-0.1, -0.05) is 36.2 Å². The van der Waals surface area contributed by atoms with Crippen LogP contribution in [-0.2, 0) is 14.4 Å². The maximum absolute atomic E-state index is 13.0. The van der Waals surface area contributed by atoms with Crippen molar-refractivity contribution in [3.05, 3.63) is 77.9 Å². The van der Waals surface area contributed by atoms with E-state index in [1.54, 1.807) is 18.9 Å². The number of furan rings is 1. The zero-order valence-electron chi connectivity index (χ0n) is 24.1. The Hall–Kier alpha value is -4.79. The van der Waals surface area contributed by atoms with Crippen LogP contribution in [0.3, 0.4) is 0 Å². The minimum absolute atomic E-state index is 0.131. The molecular formula is C33H34N2O7. The molecule has 9 heteroatoms. The molecule has 0 fully saturated rings. The van der Waals surface area contributed by atoms with Crippen LogP contribution >= 0.6 is 0 Å². The van der Waals surface area contributed by atoms with Crippen molar-refractivity contribution in [1.29, 1.82) is 0 Å². The fourth-order valence-electron chi connectivity index (χ4n) is 5.10. The topological polar surface area (TPSA) is 99.8 Å². The van der Waals surface area contributed by atoms with Crippen molar-refractivity contribution in [2.24, 2.45) is 5.16 Å². The Kier molecular flexibility index (Phi) is 9.06. The summed E-state index contributed by atoms with van der Waals surface area (Å²) >= 11 is 0. The van der Waals surface area contributed by atoms with E-state index < -0.39 is 5.97 Å². The molecule has 0 N–H and O–H groups in total. The normalized spacial score (nSPS) is 13.5. The van der Waals surface area contributed by atoms with Gasteiger partial charge < -0.3 is 28.4 Å². The maximum atomic E-state index is 13.0. The lowest BCUT2D eigenvalue weighted by Crippen LogP contribution is -2.31. The molecule has 0 unspecified atom stereocenters. The van der Waals surface area contributed by atoms with Gasteiger partial charge in [-0.15, -0.1) is 0 Å². The van der Waals surface area contributed by atoms with E-state index in [-0.39, 0.29) is 12.5 Å². The molecule has 218 valence electrons. The molecule has 1 amide bonds. The van der Waals surface area contributed by atoms with Gasteiger partial charge in [0.1, 0.15) is 35.5 Å². The number of fused-ring (bicyclic) bond motifs is 2. The molecule has 1 aromatic heterocycles. The lowest BCUT2D eigenvalue weighted by atomic mass is 10.1. The van der Waals surface area contributed by atoms with Gasteiger partial charge in [-0.3, -0.25) is 4.79 Å². The van der Waals surface area contributed by atoms with E-state index in [1.165, 1.54) is 7.11 Å². The number of hydrogen-bond acceptors (Lipinski definition) is 8. The van der Waals surface area contributed by atoms with E-state index in [4.69, 9.17) is 23.5 Å². The van der Waals surface area contributed by atoms with Crippen LogP contribution < -0.4 is 14.4 Å². The van der Waals surface area contributed by atoms with Gasteiger partial charge in [0.05, 0.1) is 26.0 Å². The van der Waals surface area contributed by atoms with Gasteiger partial charge in [0.25, 0.3) is 5.91 Å². The van der Waals surface area contributed by atoms with E-state index in [2.05, 4.69) is 5.16 Å². The molecule has 1 aliphatic rings. The molecule has 4 aromatic rings. The predicted molar refractivity (Wildman–Crippen MR) is 160 cm³/mol. The van der Waals surface area contributed by atoms with Crippen LogP contribution in [0.2, 0.25) is 0 Å². The first-order chi connectivity index (χ1) is 20.5. The Balaban J connectivity index is 1.18. The number of anilines is 1. The zero-order chi connectivity index (χ0) is 29.5. The van der Waals surface area contributed by atoms with Crippen LogP contribution in [0.25, 0.3) is 22.3 Å². The summed E-state index contributed by atoms with van der Waals surface area (Å²) in [6.07, 6.45) is 3.61. The molecule has 0 atom stereocenters. The standard InChI is InChI=1S/C33H34N2O7/c1-4-40-33(37)29-26-21-24(17-18-28(26)42-31(29)22-13-15-23(38-2)16-14-22)41-20-10-6-5-9-19-35-27-12-8-7-11-25(27)30(32(35)36)34-39-3/h7-8,11-18,21H,4-6,9-10,19-20H2,1-3H3/b34-30-. The number of carbonyl (C=O) groups is 2. The number of rotatable bonds is 13. The van der Waals surface area contributed by atoms with E-state index in [1.807, 2.05) is 66.7 Å². The second-order valence-corrected chi connectivity index (χ2v) is 9.77. The highest BCUT2D eigenvalue weighted by Gasteiger charge is 2.33. The van der Waals surface area contributed by atoms with Crippen molar-refractivity contribution in [2.45, 2.75) is 32.6 Å². The third-order valence-corrected chi connectivity index (χ3v) is 7.12. The molecule has 3 aromatic carbocycles. The van der Waals surface area contributed by atoms with Crippen molar-refractivity contribution in [3.8, 4) is 22.8 Å². The molecule has 0 radical (unpaired) electrons. The largest absolute Gasteiger partial charge is 0.497 e. The molecule has 0 aliphatic carbocycles. The predicted octanol–water partition coefficient (Wildman–Crippen LogP) is 6.62. The summed E-state index contributed by atoms with van der Waals surface area (Å²) in [5.74, 6) is 1.23. The first-order valence-corrected chi connectivity index (χ1v) is 14.1. The van der Waals surface area contributed by atoms with E-state index in [0.717, 1.165) is 42.5 Å². The third kappa shape index (κ3) is 5.95. The first-order valence-electron chi connectivity index (χ1n) is 14.1. The molecular weight excluding hydrogens is 536 g/mol. The quantitative estimate of drug-likeness (QED) is 0.101. The Labute approximate surface area is 244 Å². The molecule has 9 nitrogen and oxygen atoms in total. The van der Waals surface area contributed by atoms with Crippen molar-refractivity contribution >= 4 is 34.2 Å². The summed E-state index contributed by atoms with van der Waals surface area (Å²) in [5, 5.41) is 4.58. The number of ether oxygens (including phenoxy) is 3. The van der Waals surface area contributed by atoms with Crippen molar-refractivity contribution < 1.29 is 33.1 Å². The fourth-order valence-corrected chi connectivity index (χ4v) is 5.10. The molecule has 0 bridgehead atoms. The van der Waals surface area contributed by atoms with Crippen LogP contribution in [-0.4, -0.2) is 51.6 Å². The van der Waals surface area contributed by atoms with Gasteiger partial charge in [0.15, 0.2) is 5.71 Å². The average molecular weight is 571 g/mol. The van der Waals surface area contributed by atoms with E-state index >= 15 is 0 Å². The van der Waals surface area contributed by atoms with Crippen molar-refractivity contribution in [1.82, 2.24) is 0 Å². The second kappa shape index (κ2) is 13.2. The lowest BCUT2D eigenvalue weighted by Gasteiger charge is -2.16. The number of para-hydroxylation sites is 1. The van der Waals surface area contributed by atoms with Gasteiger partial charge in [-0.05, 0) is 68.3 Å². The van der Waals surface area contributed by atoms with Gasteiger partial charge in [0, 0.05) is 23.1 Å². The zero-order valence-corrected chi connectivity index (χ0v) is 24.1. The average Bonchev–Trinajstić information content (AvgIpc) is 3.52. The fraction of sp³-hybridized carbons (Fsp3) is 0.303. The molecule has 42 heavy (non-hydrogen) atoms. The Morgan fingerprint density at radius 2 is 1.69 bits per heavy atom. The van der Waals surface area contributed by atoms with Crippen molar-refractivity contribution in [2.75, 3.05) is 38.9 Å². The highest BCUT2D eigenvalue weighted by molar-refractivity contribution is 6.54. The first kappa shape index (κ1) is 28.7. The molecule has 0 saturated heterocycles. The van der Waals surface area contributed by atoms with Crippen molar-refractivity contribution in [3.63, 3.8) is 0 Å². The Morgan fingerprint density at radius 1 is 0.929 bits per heavy atom. The van der Waals surface area contributed by atoms with E-state index in [0.29, 0.717) is 52.7 Å². The van der Waals surface area contributed by atoms with E-state index in [9.17, 15) is 9.59 Å². The number of benzene rings is 3. The molecule has 0 spiro atoms. The minimum Gasteiger partial charge on any atom is -0.497 e. The van der Waals surface area contributed by atoms with Gasteiger partial charge in [0.2, 0.25) is 0 Å². The molecule has 0 saturated carbocycles. The number of hydrogen-bond donors (Lipinski definition) is 0. The summed E-state index contributed by atoms with van der Waals surface area (Å²) < 4.78 is 22.7. The number of unbranched alkanes of at least 4 members (excludes halogenated alkanes) is 3. The minimum atomic E-state index is -0.445. The van der Waals surface area contributed by atoms with Crippen LogP contribution in [0.15, 0.2) is 76.3 Å². The number of nitrogens with zero attached hydrogens (tertiary/aromatic N) is 2. The molecule has 2 heterocycles. The number of esters is 1. The Morgan fingerprint density at radius 3 is 2.45 bits per heavy atom. The second-order valence-electron chi connectivity index (χ2n) is 9.77. The van der Waals surface area contributed by atoms with Crippen LogP contribution in [0, 0.1) is 0 Å². The molecule has 1 aliphatic heterocycles. The van der Waals surface area contributed by atoms with Gasteiger partial charge >= 0.3 is 5.97 Å². The van der Waals surface area contributed by atoms with Crippen LogP contribution in [0.1, 0.15) is 48.5 Å². The summed E-state index contributed by atoms with van der Waals surface area (Å²) in [5.41, 5.74) is 3.72. The summed E-state index contributed by atoms with van der Waals surface area (Å²) in [4.78, 5) is 32.4. The highest BCUT2D eigenvalue weighted by atomic mass is 16.6. The van der Waals surface area contributed by atoms with Gasteiger partial charge in [-0.25, -0.2) is 4.79 Å². The van der Waals surface area contributed by atoms with Gasteiger partial charge in [-0.2, -0.15) is 0 Å². The number of methoxy groups -OCH3 is 1. The molecule has 5 rings (SSSR count). The maximum Gasteiger partial charge on any atom is 0.342 e. The summed E-state index contributed by atoms with van der Waals surface area (Å²) in [6, 6.07) is 20.5. The monoisotopic (exact) mass is 570 g/mol. The number of oxime groups is 1. The Bertz CT molecular complexity index is 1590.